The van der Waals surface area contributed by atoms with Gasteiger partial charge in [-0.1, -0.05) is 29.8 Å². The van der Waals surface area contributed by atoms with Gasteiger partial charge in [0.05, 0.1) is 6.61 Å². The van der Waals surface area contributed by atoms with Gasteiger partial charge in [-0.25, -0.2) is 0 Å². The lowest BCUT2D eigenvalue weighted by atomic mass is 10.0. The molecule has 1 unspecified atom stereocenters. The zero-order valence-electron chi connectivity index (χ0n) is 12.4. The molecule has 1 aromatic carbocycles. The summed E-state index contributed by atoms with van der Waals surface area (Å²) >= 11 is 6.30. The van der Waals surface area contributed by atoms with Gasteiger partial charge in [0.15, 0.2) is 0 Å². The summed E-state index contributed by atoms with van der Waals surface area (Å²) < 4.78 is 5.21. The smallest absolute Gasteiger partial charge is 0.0589 e. The maximum absolute atomic E-state index is 6.30. The lowest BCUT2D eigenvalue weighted by Gasteiger charge is -2.25. The van der Waals surface area contributed by atoms with E-state index in [1.807, 2.05) is 19.2 Å². The maximum Gasteiger partial charge on any atom is 0.0589 e. The van der Waals surface area contributed by atoms with Crippen molar-refractivity contribution in [1.82, 2.24) is 10.2 Å². The second kappa shape index (κ2) is 7.99. The Hall–Kier alpha value is -0.610. The minimum atomic E-state index is 0.312. The van der Waals surface area contributed by atoms with E-state index in [0.717, 1.165) is 37.2 Å². The lowest BCUT2D eigenvalue weighted by molar-refractivity contribution is 0.140. The molecule has 0 aliphatic heterocycles. The van der Waals surface area contributed by atoms with Gasteiger partial charge < -0.3 is 10.1 Å². The van der Waals surface area contributed by atoms with Crippen LogP contribution >= 0.6 is 11.6 Å². The molecule has 2 rings (SSSR count). The molecule has 1 fully saturated rings. The van der Waals surface area contributed by atoms with Crippen LogP contribution in [-0.4, -0.2) is 44.8 Å². The molecule has 0 amide bonds. The summed E-state index contributed by atoms with van der Waals surface area (Å²) in [6, 6.07) is 9.19. The van der Waals surface area contributed by atoms with Crippen LogP contribution in [-0.2, 0) is 4.74 Å². The highest BCUT2D eigenvalue weighted by Crippen LogP contribution is 2.29. The Labute approximate surface area is 127 Å². The highest BCUT2D eigenvalue weighted by molar-refractivity contribution is 6.31. The van der Waals surface area contributed by atoms with Crippen molar-refractivity contribution in [2.75, 3.05) is 33.9 Å². The zero-order chi connectivity index (χ0) is 14.4. The molecule has 0 saturated heterocycles. The predicted octanol–water partition coefficient (Wildman–Crippen LogP) is 3.10. The molecule has 20 heavy (non-hydrogen) atoms. The summed E-state index contributed by atoms with van der Waals surface area (Å²) in [6.45, 7) is 2.93. The minimum absolute atomic E-state index is 0.312. The van der Waals surface area contributed by atoms with E-state index in [2.05, 4.69) is 22.3 Å². The summed E-state index contributed by atoms with van der Waals surface area (Å²) in [5.74, 6) is 0. The van der Waals surface area contributed by atoms with Gasteiger partial charge in [0.25, 0.3) is 0 Å². The van der Waals surface area contributed by atoms with Crippen LogP contribution in [0.1, 0.15) is 30.9 Å². The van der Waals surface area contributed by atoms with E-state index in [9.17, 15) is 0 Å². The monoisotopic (exact) mass is 296 g/mol. The van der Waals surface area contributed by atoms with Crippen molar-refractivity contribution in [3.8, 4) is 0 Å². The number of nitrogens with one attached hydrogen (secondary N) is 1. The third-order valence-electron chi connectivity index (χ3n) is 3.98. The number of halogens is 1. The number of hydrogen-bond donors (Lipinski definition) is 1. The van der Waals surface area contributed by atoms with Crippen LogP contribution in [0.25, 0.3) is 0 Å². The normalized spacial score (nSPS) is 16.6. The van der Waals surface area contributed by atoms with Crippen LogP contribution in [0.5, 0.6) is 0 Å². The van der Waals surface area contributed by atoms with E-state index in [0.29, 0.717) is 6.04 Å². The van der Waals surface area contributed by atoms with Crippen LogP contribution < -0.4 is 5.32 Å². The number of methoxy groups -OCH3 is 1. The van der Waals surface area contributed by atoms with E-state index >= 15 is 0 Å². The van der Waals surface area contributed by atoms with Crippen molar-refractivity contribution in [3.63, 3.8) is 0 Å². The molecular weight excluding hydrogens is 272 g/mol. The van der Waals surface area contributed by atoms with Crippen LogP contribution in [0.15, 0.2) is 24.3 Å². The van der Waals surface area contributed by atoms with Crippen LogP contribution in [0.2, 0.25) is 5.02 Å². The number of benzene rings is 1. The Bertz CT molecular complexity index is 409. The van der Waals surface area contributed by atoms with Gasteiger partial charge in [0.2, 0.25) is 0 Å². The van der Waals surface area contributed by atoms with E-state index < -0.39 is 0 Å². The second-order valence-corrected chi connectivity index (χ2v) is 5.82. The molecule has 0 bridgehead atoms. The van der Waals surface area contributed by atoms with E-state index in [4.69, 9.17) is 16.3 Å². The Balaban J connectivity index is 1.90. The Morgan fingerprint density at radius 1 is 1.35 bits per heavy atom. The van der Waals surface area contributed by atoms with Crippen LogP contribution in [0, 0.1) is 0 Å². The fourth-order valence-corrected chi connectivity index (χ4v) is 2.90. The molecule has 112 valence electrons. The van der Waals surface area contributed by atoms with Crippen molar-refractivity contribution in [2.24, 2.45) is 0 Å². The number of hydrogen-bond acceptors (Lipinski definition) is 3. The summed E-state index contributed by atoms with van der Waals surface area (Å²) in [5, 5.41) is 4.24. The van der Waals surface area contributed by atoms with Crippen molar-refractivity contribution < 1.29 is 4.74 Å². The third-order valence-corrected chi connectivity index (χ3v) is 4.32. The number of rotatable bonds is 9. The molecule has 0 spiro atoms. The Morgan fingerprint density at radius 2 is 2.10 bits per heavy atom. The predicted molar refractivity (Wildman–Crippen MR) is 84.3 cm³/mol. The van der Waals surface area contributed by atoms with Crippen molar-refractivity contribution in [2.45, 2.75) is 31.3 Å². The first kappa shape index (κ1) is 15.8. The molecule has 1 saturated carbocycles. The molecule has 0 heterocycles. The summed E-state index contributed by atoms with van der Waals surface area (Å²) in [6.07, 6.45) is 3.74. The molecular formula is C16H25ClN2O. The van der Waals surface area contributed by atoms with E-state index in [-0.39, 0.29) is 0 Å². The number of nitrogens with zero attached hydrogens (tertiary/aromatic N) is 1. The average Bonchev–Trinajstić information content (AvgIpc) is 3.29. The van der Waals surface area contributed by atoms with Crippen molar-refractivity contribution in [3.05, 3.63) is 34.9 Å². The summed E-state index contributed by atoms with van der Waals surface area (Å²) in [5.41, 5.74) is 1.19. The van der Waals surface area contributed by atoms with Gasteiger partial charge in [-0.3, -0.25) is 4.90 Å². The zero-order valence-corrected chi connectivity index (χ0v) is 13.2. The second-order valence-electron chi connectivity index (χ2n) is 5.41. The molecule has 3 nitrogen and oxygen atoms in total. The van der Waals surface area contributed by atoms with E-state index in [1.165, 1.54) is 18.4 Å². The van der Waals surface area contributed by atoms with Gasteiger partial charge in [0, 0.05) is 37.3 Å². The number of ether oxygens (including phenoxy) is 1. The molecule has 1 aliphatic carbocycles. The quantitative estimate of drug-likeness (QED) is 0.758. The van der Waals surface area contributed by atoms with Crippen molar-refractivity contribution in [1.29, 1.82) is 0 Å². The fraction of sp³-hybridized carbons (Fsp3) is 0.625. The van der Waals surface area contributed by atoms with Gasteiger partial charge in [-0.05, 0) is 37.9 Å². The molecule has 1 aliphatic rings. The first-order valence-corrected chi connectivity index (χ1v) is 7.78. The first-order valence-electron chi connectivity index (χ1n) is 7.41. The standard InChI is InChI=1S/C16H25ClN2O/c1-18-16(14-5-3-4-6-15(14)17)9-10-19(11-12-20-2)13-7-8-13/h3-6,13,16,18H,7-12H2,1-2H3. The fourth-order valence-electron chi connectivity index (χ4n) is 2.63. The SMILES string of the molecule is CNC(CCN(CCOC)C1CC1)c1ccccc1Cl. The maximum atomic E-state index is 6.30. The van der Waals surface area contributed by atoms with Gasteiger partial charge in [-0.15, -0.1) is 0 Å². The molecule has 1 atom stereocenters. The highest BCUT2D eigenvalue weighted by atomic mass is 35.5. The summed E-state index contributed by atoms with van der Waals surface area (Å²) in [7, 11) is 3.77. The molecule has 1 N–H and O–H groups in total. The van der Waals surface area contributed by atoms with Gasteiger partial charge in [-0.2, -0.15) is 0 Å². The van der Waals surface area contributed by atoms with E-state index in [1.54, 1.807) is 7.11 Å². The minimum Gasteiger partial charge on any atom is -0.383 e. The first-order chi connectivity index (χ1) is 9.76. The molecule has 0 radical (unpaired) electrons. The van der Waals surface area contributed by atoms with Crippen molar-refractivity contribution >= 4 is 11.6 Å². The van der Waals surface area contributed by atoms with Gasteiger partial charge in [0.1, 0.15) is 0 Å². The van der Waals surface area contributed by atoms with Crippen LogP contribution in [0.3, 0.4) is 0 Å². The largest absolute Gasteiger partial charge is 0.383 e. The van der Waals surface area contributed by atoms with Gasteiger partial charge >= 0.3 is 0 Å². The third kappa shape index (κ3) is 4.45. The Kier molecular flexibility index (Phi) is 6.30. The van der Waals surface area contributed by atoms with Crippen LogP contribution in [0.4, 0.5) is 0 Å². The average molecular weight is 297 g/mol. The topological polar surface area (TPSA) is 24.5 Å². The molecule has 4 heteroatoms. The molecule has 1 aromatic rings. The molecule has 0 aromatic heterocycles. The summed E-state index contributed by atoms with van der Waals surface area (Å²) in [4.78, 5) is 2.55. The Morgan fingerprint density at radius 3 is 2.70 bits per heavy atom. The highest BCUT2D eigenvalue weighted by Gasteiger charge is 2.28. The lowest BCUT2D eigenvalue weighted by Crippen LogP contribution is -2.33.